The number of furan rings is 1. The molecule has 0 N–H and O–H groups in total. The van der Waals surface area contributed by atoms with Gasteiger partial charge in [-0.2, -0.15) is 0 Å². The third-order valence-corrected chi connectivity index (χ3v) is 10.9. The Bertz CT molecular complexity index is 2640. The van der Waals surface area contributed by atoms with Crippen LogP contribution in [0.25, 0.3) is 73.2 Å². The van der Waals surface area contributed by atoms with Crippen LogP contribution in [0, 0.1) is 0 Å². The number of fused-ring (bicyclic) bond motifs is 10. The molecule has 0 bridgehead atoms. The van der Waals surface area contributed by atoms with Crippen molar-refractivity contribution >= 4 is 113 Å². The molecule has 0 aliphatic heterocycles. The van der Waals surface area contributed by atoms with E-state index >= 15 is 0 Å². The Balaban J connectivity index is 1.26. The van der Waals surface area contributed by atoms with Crippen LogP contribution >= 0.6 is 22.7 Å². The summed E-state index contributed by atoms with van der Waals surface area (Å²) in [7, 11) is 0. The smallest absolute Gasteiger partial charge is 0.177 e. The normalized spacial score (nSPS) is 12.1. The fourth-order valence-corrected chi connectivity index (χ4v) is 8.92. The van der Waals surface area contributed by atoms with E-state index in [4.69, 9.17) is 9.40 Å². The largest absolute Gasteiger partial charge is 0.452 e. The van der Waals surface area contributed by atoms with Gasteiger partial charge in [-0.05, 0) is 65.4 Å². The van der Waals surface area contributed by atoms with E-state index < -0.39 is 0 Å². The maximum atomic E-state index is 6.69. The first-order valence-corrected chi connectivity index (χ1v) is 16.2. The Kier molecular flexibility index (Phi) is 5.03. The molecule has 3 nitrogen and oxygen atoms in total. The molecule has 4 aromatic heterocycles. The van der Waals surface area contributed by atoms with Crippen LogP contribution in [0.4, 0.5) is 17.1 Å². The van der Waals surface area contributed by atoms with Gasteiger partial charge >= 0.3 is 0 Å². The first-order chi connectivity index (χ1) is 21.8. The number of hydrogen-bond donors (Lipinski definition) is 0. The number of thiophene rings is 2. The Morgan fingerprint density at radius 1 is 0.500 bits per heavy atom. The standard InChI is InChI=1S/C39H22N2OS2/c1-2-8-24-20-33-31(19-23(24)7-1)38-39(42-33)32(17-18-40-38)41(25-13-15-29-27-9-3-5-11-34(27)43-36(29)21-25)26-14-16-30-28-10-4-6-12-35(28)44-37(30)22-26/h1-22H. The van der Waals surface area contributed by atoms with Gasteiger partial charge in [-0.15, -0.1) is 22.7 Å². The van der Waals surface area contributed by atoms with Gasteiger partial charge in [0.1, 0.15) is 11.1 Å². The summed E-state index contributed by atoms with van der Waals surface area (Å²) in [6, 6.07) is 45.8. The molecular weight excluding hydrogens is 577 g/mol. The van der Waals surface area contributed by atoms with E-state index in [9.17, 15) is 0 Å². The van der Waals surface area contributed by atoms with E-state index in [1.54, 1.807) is 0 Å². The predicted molar refractivity (Wildman–Crippen MR) is 189 cm³/mol. The topological polar surface area (TPSA) is 29.3 Å². The number of anilines is 3. The van der Waals surface area contributed by atoms with Crippen LogP contribution < -0.4 is 4.90 Å². The number of benzene rings is 6. The van der Waals surface area contributed by atoms with E-state index in [1.807, 2.05) is 28.9 Å². The molecule has 0 atom stereocenters. The third kappa shape index (κ3) is 3.51. The van der Waals surface area contributed by atoms with Crippen molar-refractivity contribution < 1.29 is 4.42 Å². The first-order valence-electron chi connectivity index (χ1n) is 14.6. The highest BCUT2D eigenvalue weighted by molar-refractivity contribution is 7.26. The SMILES string of the molecule is c1ccc2cc3c(cc2c1)oc1c(N(c2ccc4c(c2)sc2ccccc24)c2ccc4c(c2)sc2ccccc24)ccnc13. The molecule has 10 rings (SSSR count). The summed E-state index contributed by atoms with van der Waals surface area (Å²) in [6.07, 6.45) is 1.91. The van der Waals surface area contributed by atoms with Gasteiger partial charge in [0.25, 0.3) is 0 Å². The first kappa shape index (κ1) is 24.2. The van der Waals surface area contributed by atoms with Gasteiger partial charge < -0.3 is 9.32 Å². The Hall–Kier alpha value is -5.23. The van der Waals surface area contributed by atoms with Crippen LogP contribution in [-0.4, -0.2) is 4.98 Å². The lowest BCUT2D eigenvalue weighted by molar-refractivity contribution is 0.669. The van der Waals surface area contributed by atoms with Crippen LogP contribution in [0.15, 0.2) is 138 Å². The maximum Gasteiger partial charge on any atom is 0.177 e. The van der Waals surface area contributed by atoms with Gasteiger partial charge in [0.15, 0.2) is 5.58 Å². The number of hydrogen-bond acceptors (Lipinski definition) is 5. The second-order valence-corrected chi connectivity index (χ2v) is 13.4. The van der Waals surface area contributed by atoms with Crippen molar-refractivity contribution in [3.8, 4) is 0 Å². The molecule has 0 aliphatic rings. The highest BCUT2D eigenvalue weighted by Crippen LogP contribution is 2.46. The molecule has 0 spiro atoms. The number of rotatable bonds is 3. The summed E-state index contributed by atoms with van der Waals surface area (Å²) in [5.74, 6) is 0. The lowest BCUT2D eigenvalue weighted by Crippen LogP contribution is -2.10. The Morgan fingerprint density at radius 2 is 1.07 bits per heavy atom. The molecule has 6 aromatic carbocycles. The van der Waals surface area contributed by atoms with E-state index in [2.05, 4.69) is 132 Å². The fourth-order valence-electron chi connectivity index (χ4n) is 6.64. The van der Waals surface area contributed by atoms with Crippen molar-refractivity contribution in [1.29, 1.82) is 0 Å². The van der Waals surface area contributed by atoms with Gasteiger partial charge in [-0.3, -0.25) is 4.98 Å². The molecule has 44 heavy (non-hydrogen) atoms. The minimum Gasteiger partial charge on any atom is -0.452 e. The van der Waals surface area contributed by atoms with Gasteiger partial charge in [-0.25, -0.2) is 0 Å². The number of aromatic nitrogens is 1. The van der Waals surface area contributed by atoms with E-state index in [0.717, 1.165) is 44.5 Å². The molecule has 0 fully saturated rings. The average Bonchev–Trinajstić information content (AvgIpc) is 3.74. The van der Waals surface area contributed by atoms with Crippen molar-refractivity contribution in [3.63, 3.8) is 0 Å². The molecule has 0 radical (unpaired) electrons. The Morgan fingerprint density at radius 3 is 1.73 bits per heavy atom. The Labute approximate surface area is 259 Å². The van der Waals surface area contributed by atoms with Crippen LogP contribution in [0.2, 0.25) is 0 Å². The molecule has 0 aliphatic carbocycles. The molecule has 0 saturated carbocycles. The van der Waals surface area contributed by atoms with Crippen molar-refractivity contribution in [2.75, 3.05) is 4.90 Å². The zero-order valence-electron chi connectivity index (χ0n) is 23.3. The van der Waals surface area contributed by atoms with Gasteiger partial charge in [-0.1, -0.05) is 72.8 Å². The van der Waals surface area contributed by atoms with Crippen molar-refractivity contribution in [2.24, 2.45) is 0 Å². The minimum absolute atomic E-state index is 0.783. The summed E-state index contributed by atoms with van der Waals surface area (Å²) in [5, 5.41) is 8.52. The van der Waals surface area contributed by atoms with Crippen molar-refractivity contribution in [2.45, 2.75) is 0 Å². The molecule has 206 valence electrons. The molecule has 5 heteroatoms. The summed E-state index contributed by atoms with van der Waals surface area (Å²) in [5.41, 5.74) is 5.64. The van der Waals surface area contributed by atoms with Crippen LogP contribution in [0.1, 0.15) is 0 Å². The molecule has 0 saturated heterocycles. The number of nitrogens with zero attached hydrogens (tertiary/aromatic N) is 2. The lowest BCUT2D eigenvalue weighted by atomic mass is 10.1. The molecule has 0 amide bonds. The lowest BCUT2D eigenvalue weighted by Gasteiger charge is -2.25. The quantitative estimate of drug-likeness (QED) is 0.203. The second-order valence-electron chi connectivity index (χ2n) is 11.2. The monoisotopic (exact) mass is 598 g/mol. The zero-order chi connectivity index (χ0) is 28.8. The molecule has 0 unspecified atom stereocenters. The van der Waals surface area contributed by atoms with Crippen LogP contribution in [0.5, 0.6) is 0 Å². The summed E-state index contributed by atoms with van der Waals surface area (Å²) in [6.45, 7) is 0. The van der Waals surface area contributed by atoms with Gasteiger partial charge in [0.05, 0.1) is 5.69 Å². The third-order valence-electron chi connectivity index (χ3n) is 8.68. The summed E-state index contributed by atoms with van der Waals surface area (Å²) >= 11 is 3.67. The predicted octanol–water partition coefficient (Wildman–Crippen LogP) is 12.3. The summed E-state index contributed by atoms with van der Waals surface area (Å²) < 4.78 is 11.8. The van der Waals surface area contributed by atoms with E-state index in [0.29, 0.717) is 0 Å². The maximum absolute atomic E-state index is 6.69. The van der Waals surface area contributed by atoms with Gasteiger partial charge in [0, 0.05) is 63.3 Å². The van der Waals surface area contributed by atoms with Crippen molar-refractivity contribution in [1.82, 2.24) is 4.98 Å². The highest BCUT2D eigenvalue weighted by Gasteiger charge is 2.22. The zero-order valence-corrected chi connectivity index (χ0v) is 25.0. The van der Waals surface area contributed by atoms with E-state index in [-0.39, 0.29) is 0 Å². The van der Waals surface area contributed by atoms with E-state index in [1.165, 1.54) is 45.7 Å². The van der Waals surface area contributed by atoms with Gasteiger partial charge in [0.2, 0.25) is 0 Å². The molecular formula is C39H22N2OS2. The minimum atomic E-state index is 0.783. The fraction of sp³-hybridized carbons (Fsp3) is 0. The number of pyridine rings is 1. The van der Waals surface area contributed by atoms with Crippen LogP contribution in [0.3, 0.4) is 0 Å². The van der Waals surface area contributed by atoms with Crippen molar-refractivity contribution in [3.05, 3.63) is 134 Å². The molecule has 4 heterocycles. The van der Waals surface area contributed by atoms with Crippen LogP contribution in [-0.2, 0) is 0 Å². The second kappa shape index (κ2) is 9.13. The average molecular weight is 599 g/mol. The highest BCUT2D eigenvalue weighted by atomic mass is 32.1. The molecule has 10 aromatic rings. The summed E-state index contributed by atoms with van der Waals surface area (Å²) in [4.78, 5) is 7.18.